The summed E-state index contributed by atoms with van der Waals surface area (Å²) in [6.07, 6.45) is 0. The highest BCUT2D eigenvalue weighted by Crippen LogP contribution is 2.33. The highest BCUT2D eigenvalue weighted by Gasteiger charge is 2.21. The van der Waals surface area contributed by atoms with Crippen LogP contribution in [0.4, 0.5) is 5.69 Å². The average Bonchev–Trinajstić information content (AvgIpc) is 2.19. The van der Waals surface area contributed by atoms with Crippen LogP contribution in [0.2, 0.25) is 0 Å². The van der Waals surface area contributed by atoms with E-state index in [1.54, 1.807) is 6.92 Å². The number of hydrogen-bond acceptors (Lipinski definition) is 5. The van der Waals surface area contributed by atoms with E-state index in [1.165, 1.54) is 12.1 Å². The largest absolute Gasteiger partial charge is 0.502 e. The van der Waals surface area contributed by atoms with Crippen molar-refractivity contribution in [3.05, 3.63) is 33.4 Å². The lowest BCUT2D eigenvalue weighted by atomic mass is 10.0. The summed E-state index contributed by atoms with van der Waals surface area (Å²) >= 11 is 0. The number of aromatic hydroxyl groups is 1. The first kappa shape index (κ1) is 11.4. The molecule has 0 radical (unpaired) electrons. The van der Waals surface area contributed by atoms with Gasteiger partial charge in [0.05, 0.1) is 17.6 Å². The number of aliphatic hydroxyl groups excluding tert-OH is 1. The molecule has 0 aliphatic carbocycles. The molecule has 0 spiro atoms. The maximum atomic E-state index is 10.6. The lowest BCUT2D eigenvalue weighted by Gasteiger charge is -2.11. The van der Waals surface area contributed by atoms with Gasteiger partial charge in [0.25, 0.3) is 0 Å². The predicted molar refractivity (Wildman–Crippen MR) is 53.5 cm³/mol. The highest BCUT2D eigenvalue weighted by atomic mass is 16.6. The molecule has 1 atom stereocenters. The van der Waals surface area contributed by atoms with E-state index in [9.17, 15) is 15.2 Å². The number of nitrogens with zero attached hydrogens (tertiary/aromatic N) is 1. The zero-order valence-corrected chi connectivity index (χ0v) is 8.17. The van der Waals surface area contributed by atoms with E-state index in [2.05, 4.69) is 0 Å². The van der Waals surface area contributed by atoms with Crippen LogP contribution in [0.1, 0.15) is 17.2 Å². The van der Waals surface area contributed by atoms with Crippen molar-refractivity contribution in [2.75, 3.05) is 6.61 Å². The first-order chi connectivity index (χ1) is 6.97. The topological polar surface area (TPSA) is 110 Å². The Hall–Kier alpha value is -1.66. The molecule has 1 rings (SSSR count). The maximum absolute atomic E-state index is 10.6. The third-order valence-corrected chi connectivity index (χ3v) is 2.06. The van der Waals surface area contributed by atoms with Gasteiger partial charge in [0.2, 0.25) is 0 Å². The summed E-state index contributed by atoms with van der Waals surface area (Å²) in [5.74, 6) is -0.479. The molecule has 0 aliphatic rings. The van der Waals surface area contributed by atoms with Crippen LogP contribution >= 0.6 is 0 Å². The number of hydrogen-bond donors (Lipinski definition) is 3. The lowest BCUT2D eigenvalue weighted by Crippen LogP contribution is -2.15. The van der Waals surface area contributed by atoms with E-state index in [-0.39, 0.29) is 12.2 Å². The number of rotatable bonds is 3. The lowest BCUT2D eigenvalue weighted by molar-refractivity contribution is -0.386. The van der Waals surface area contributed by atoms with E-state index in [1.807, 2.05) is 0 Å². The highest BCUT2D eigenvalue weighted by molar-refractivity contribution is 5.54. The van der Waals surface area contributed by atoms with Gasteiger partial charge in [-0.05, 0) is 12.5 Å². The summed E-state index contributed by atoms with van der Waals surface area (Å²) in [6.45, 7) is 1.27. The Morgan fingerprint density at radius 2 is 2.20 bits per heavy atom. The molecule has 0 amide bonds. The van der Waals surface area contributed by atoms with Crippen LogP contribution in [0.25, 0.3) is 0 Å². The molecule has 0 unspecified atom stereocenters. The molecule has 82 valence electrons. The quantitative estimate of drug-likeness (QED) is 0.502. The molecular weight excluding hydrogens is 200 g/mol. The van der Waals surface area contributed by atoms with E-state index in [4.69, 9.17) is 10.8 Å². The second kappa shape index (κ2) is 4.24. The smallest absolute Gasteiger partial charge is 0.311 e. The normalized spacial score (nSPS) is 12.5. The van der Waals surface area contributed by atoms with Gasteiger partial charge in [-0.2, -0.15) is 0 Å². The zero-order valence-electron chi connectivity index (χ0n) is 8.17. The molecule has 6 heteroatoms. The Kier molecular flexibility index (Phi) is 3.23. The van der Waals surface area contributed by atoms with E-state index in [0.29, 0.717) is 5.56 Å². The molecule has 4 N–H and O–H groups in total. The van der Waals surface area contributed by atoms with Gasteiger partial charge < -0.3 is 15.9 Å². The second-order valence-corrected chi connectivity index (χ2v) is 3.27. The van der Waals surface area contributed by atoms with Crippen molar-refractivity contribution < 1.29 is 15.1 Å². The molecule has 0 bridgehead atoms. The fraction of sp³-hybridized carbons (Fsp3) is 0.333. The van der Waals surface area contributed by atoms with Gasteiger partial charge >= 0.3 is 5.69 Å². The summed E-state index contributed by atoms with van der Waals surface area (Å²) in [6, 6.07) is 1.95. The van der Waals surface area contributed by atoms with Gasteiger partial charge in [0.15, 0.2) is 5.75 Å². The molecule has 0 fully saturated rings. The minimum atomic E-state index is -0.816. The van der Waals surface area contributed by atoms with E-state index < -0.39 is 22.4 Å². The zero-order chi connectivity index (χ0) is 11.6. The van der Waals surface area contributed by atoms with Crippen molar-refractivity contribution in [2.24, 2.45) is 5.73 Å². The molecule has 1 aromatic carbocycles. The predicted octanol–water partition coefficient (Wildman–Crippen LogP) is 0.601. The summed E-state index contributed by atoms with van der Waals surface area (Å²) in [4.78, 5) is 9.89. The number of nitro groups is 1. The number of aliphatic hydroxyl groups is 1. The standard InChI is InChI=1S/C9H12N2O4/c1-5-2-6(7(10)4-12)9(13)8(3-5)11(14)15/h2-3,7,12-13H,4,10H2,1H3/t7-/m0/s1. The fourth-order valence-corrected chi connectivity index (χ4v) is 1.31. The van der Waals surface area contributed by atoms with Gasteiger partial charge in [0, 0.05) is 11.6 Å². The van der Waals surface area contributed by atoms with Crippen molar-refractivity contribution in [1.82, 2.24) is 0 Å². The number of phenols is 1. The van der Waals surface area contributed by atoms with Gasteiger partial charge in [0.1, 0.15) is 0 Å². The van der Waals surface area contributed by atoms with Crippen LogP contribution in [0.5, 0.6) is 5.75 Å². The summed E-state index contributed by atoms with van der Waals surface area (Å²) in [5, 5.41) is 29.0. The molecule has 0 heterocycles. The first-order valence-corrected chi connectivity index (χ1v) is 4.31. The molecule has 0 aliphatic heterocycles. The molecule has 0 saturated heterocycles. The van der Waals surface area contributed by atoms with E-state index >= 15 is 0 Å². The maximum Gasteiger partial charge on any atom is 0.311 e. The summed E-state index contributed by atoms with van der Waals surface area (Å²) in [5.41, 5.74) is 5.90. The minimum absolute atomic E-state index is 0.184. The third-order valence-electron chi connectivity index (χ3n) is 2.06. The Bertz CT molecular complexity index is 392. The number of nitro benzene ring substituents is 1. The van der Waals surface area contributed by atoms with Crippen LogP contribution in [0, 0.1) is 17.0 Å². The molecule has 0 aromatic heterocycles. The van der Waals surface area contributed by atoms with Gasteiger partial charge in [-0.1, -0.05) is 6.07 Å². The summed E-state index contributed by atoms with van der Waals surface area (Å²) < 4.78 is 0. The Labute approximate surface area is 86.1 Å². The minimum Gasteiger partial charge on any atom is -0.502 e. The monoisotopic (exact) mass is 212 g/mol. The van der Waals surface area contributed by atoms with Crippen LogP contribution in [0.15, 0.2) is 12.1 Å². The summed E-state index contributed by atoms with van der Waals surface area (Å²) in [7, 11) is 0. The number of benzene rings is 1. The third kappa shape index (κ3) is 2.23. The Morgan fingerprint density at radius 1 is 1.60 bits per heavy atom. The molecular formula is C9H12N2O4. The van der Waals surface area contributed by atoms with Gasteiger partial charge in [-0.3, -0.25) is 10.1 Å². The van der Waals surface area contributed by atoms with Crippen molar-refractivity contribution in [3.63, 3.8) is 0 Å². The van der Waals surface area contributed by atoms with Gasteiger partial charge in [-0.25, -0.2) is 0 Å². The van der Waals surface area contributed by atoms with Crippen molar-refractivity contribution in [1.29, 1.82) is 0 Å². The van der Waals surface area contributed by atoms with Crippen LogP contribution in [-0.4, -0.2) is 21.7 Å². The van der Waals surface area contributed by atoms with Crippen LogP contribution in [0.3, 0.4) is 0 Å². The van der Waals surface area contributed by atoms with Crippen molar-refractivity contribution in [2.45, 2.75) is 13.0 Å². The van der Waals surface area contributed by atoms with Gasteiger partial charge in [-0.15, -0.1) is 0 Å². The second-order valence-electron chi connectivity index (χ2n) is 3.27. The van der Waals surface area contributed by atoms with Crippen LogP contribution < -0.4 is 5.73 Å². The average molecular weight is 212 g/mol. The molecule has 6 nitrogen and oxygen atoms in total. The fourth-order valence-electron chi connectivity index (χ4n) is 1.31. The SMILES string of the molecule is Cc1cc([C@@H](N)CO)c(O)c([N+](=O)[O-])c1. The van der Waals surface area contributed by atoms with E-state index in [0.717, 1.165) is 0 Å². The number of aryl methyl sites for hydroxylation is 1. The number of phenolic OH excluding ortho intramolecular Hbond substituents is 1. The van der Waals surface area contributed by atoms with Crippen molar-refractivity contribution in [3.8, 4) is 5.75 Å². The molecule has 1 aromatic rings. The van der Waals surface area contributed by atoms with Crippen LogP contribution in [-0.2, 0) is 0 Å². The first-order valence-electron chi connectivity index (χ1n) is 4.31. The molecule has 0 saturated carbocycles. The van der Waals surface area contributed by atoms with Crippen molar-refractivity contribution >= 4 is 5.69 Å². The Morgan fingerprint density at radius 3 is 2.67 bits per heavy atom. The molecule has 15 heavy (non-hydrogen) atoms. The number of nitrogens with two attached hydrogens (primary N) is 1. The Balaban J connectivity index is 3.34.